The van der Waals surface area contributed by atoms with Crippen LogP contribution in [0.2, 0.25) is 0 Å². The van der Waals surface area contributed by atoms with Gasteiger partial charge in [-0.05, 0) is 6.42 Å². The Balaban J connectivity index is 2.58. The van der Waals surface area contributed by atoms with Crippen molar-refractivity contribution in [1.82, 2.24) is 15.3 Å². The number of aromatic amines is 1. The van der Waals surface area contributed by atoms with E-state index in [4.69, 9.17) is 10.8 Å². The quantitative estimate of drug-likeness (QED) is 0.497. The molecule has 1 aromatic rings. The van der Waals surface area contributed by atoms with Crippen LogP contribution < -0.4 is 11.1 Å². The number of carbonyl (C=O) groups is 3. The second-order valence-electron chi connectivity index (χ2n) is 3.33. The van der Waals surface area contributed by atoms with Gasteiger partial charge in [-0.2, -0.15) is 0 Å². The average Bonchev–Trinajstić information content (AvgIpc) is 2.76. The van der Waals surface area contributed by atoms with Crippen LogP contribution >= 0.6 is 0 Å². The predicted molar refractivity (Wildman–Crippen MR) is 55.9 cm³/mol. The van der Waals surface area contributed by atoms with Crippen LogP contribution in [0.3, 0.4) is 0 Å². The monoisotopic (exact) mass is 240 g/mol. The summed E-state index contributed by atoms with van der Waals surface area (Å²) in [7, 11) is 0. The maximum atomic E-state index is 11.5. The van der Waals surface area contributed by atoms with Gasteiger partial charge < -0.3 is 21.1 Å². The summed E-state index contributed by atoms with van der Waals surface area (Å²) >= 11 is 0. The molecule has 0 radical (unpaired) electrons. The molecule has 17 heavy (non-hydrogen) atoms. The minimum atomic E-state index is -1.22. The summed E-state index contributed by atoms with van der Waals surface area (Å²) in [5, 5.41) is 11.1. The van der Waals surface area contributed by atoms with Gasteiger partial charge in [-0.1, -0.05) is 0 Å². The second kappa shape index (κ2) is 5.64. The number of carboxylic acid groups (broad SMARTS) is 1. The minimum absolute atomic E-state index is 0.0510. The number of imidazole rings is 1. The van der Waals surface area contributed by atoms with Crippen molar-refractivity contribution in [3.05, 3.63) is 18.2 Å². The Bertz CT molecular complexity index is 415. The van der Waals surface area contributed by atoms with Gasteiger partial charge in [0, 0.05) is 6.42 Å². The molecule has 0 bridgehead atoms. The molecular weight excluding hydrogens is 228 g/mol. The number of rotatable bonds is 6. The first-order chi connectivity index (χ1) is 8.00. The van der Waals surface area contributed by atoms with Gasteiger partial charge in [-0.3, -0.25) is 9.59 Å². The fourth-order valence-corrected chi connectivity index (χ4v) is 1.16. The Morgan fingerprint density at radius 2 is 2.24 bits per heavy atom. The number of hydrogen-bond donors (Lipinski definition) is 4. The Hall–Kier alpha value is -2.38. The van der Waals surface area contributed by atoms with Gasteiger partial charge in [-0.25, -0.2) is 9.78 Å². The zero-order chi connectivity index (χ0) is 12.8. The molecule has 0 spiro atoms. The predicted octanol–water partition coefficient (Wildman–Crippen LogP) is -1.14. The fraction of sp³-hybridized carbons (Fsp3) is 0.333. The van der Waals surface area contributed by atoms with E-state index in [1.165, 1.54) is 12.5 Å². The van der Waals surface area contributed by atoms with Crippen LogP contribution in [0.25, 0.3) is 0 Å². The van der Waals surface area contributed by atoms with Crippen LogP contribution in [0.15, 0.2) is 12.5 Å². The smallest absolute Gasteiger partial charge is 0.326 e. The number of primary amides is 1. The maximum absolute atomic E-state index is 11.5. The molecule has 2 amide bonds. The largest absolute Gasteiger partial charge is 0.480 e. The lowest BCUT2D eigenvalue weighted by molar-refractivity contribution is -0.139. The topological polar surface area (TPSA) is 138 Å². The lowest BCUT2D eigenvalue weighted by Crippen LogP contribution is -2.41. The lowest BCUT2D eigenvalue weighted by Gasteiger charge is -2.12. The molecule has 8 nitrogen and oxygen atoms in total. The number of carboxylic acids is 1. The van der Waals surface area contributed by atoms with Gasteiger partial charge in [0.2, 0.25) is 5.91 Å². The van der Waals surface area contributed by atoms with E-state index >= 15 is 0 Å². The first-order valence-corrected chi connectivity index (χ1v) is 4.81. The van der Waals surface area contributed by atoms with Gasteiger partial charge in [0.25, 0.3) is 5.91 Å². The number of nitrogens with zero attached hydrogens (tertiary/aromatic N) is 1. The van der Waals surface area contributed by atoms with Crippen LogP contribution in [-0.2, 0) is 9.59 Å². The summed E-state index contributed by atoms with van der Waals surface area (Å²) in [6, 6.07) is -1.15. The number of hydrogen-bond acceptors (Lipinski definition) is 4. The summed E-state index contributed by atoms with van der Waals surface area (Å²) in [5.41, 5.74) is 5.05. The van der Waals surface area contributed by atoms with Crippen molar-refractivity contribution in [1.29, 1.82) is 0 Å². The van der Waals surface area contributed by atoms with E-state index in [0.717, 1.165) is 0 Å². The summed E-state index contributed by atoms with van der Waals surface area (Å²) in [5.74, 6) is -2.44. The third-order valence-corrected chi connectivity index (χ3v) is 2.03. The molecule has 1 heterocycles. The van der Waals surface area contributed by atoms with Crippen LogP contribution in [0.1, 0.15) is 23.3 Å². The minimum Gasteiger partial charge on any atom is -0.480 e. The van der Waals surface area contributed by atoms with E-state index in [2.05, 4.69) is 15.3 Å². The van der Waals surface area contributed by atoms with Gasteiger partial charge in [0.15, 0.2) is 0 Å². The Labute approximate surface area is 96.2 Å². The van der Waals surface area contributed by atoms with Crippen molar-refractivity contribution >= 4 is 17.8 Å². The van der Waals surface area contributed by atoms with E-state index in [0.29, 0.717) is 0 Å². The molecule has 92 valence electrons. The molecule has 0 aliphatic heterocycles. The van der Waals surface area contributed by atoms with Crippen LogP contribution in [-0.4, -0.2) is 38.9 Å². The number of nitrogens with two attached hydrogens (primary N) is 1. The van der Waals surface area contributed by atoms with E-state index in [-0.39, 0.29) is 18.5 Å². The number of carbonyl (C=O) groups excluding carboxylic acids is 2. The third-order valence-electron chi connectivity index (χ3n) is 2.03. The molecule has 0 saturated heterocycles. The van der Waals surface area contributed by atoms with Crippen LogP contribution in [0.4, 0.5) is 0 Å². The van der Waals surface area contributed by atoms with Crippen molar-refractivity contribution in [3.8, 4) is 0 Å². The zero-order valence-electron chi connectivity index (χ0n) is 8.84. The van der Waals surface area contributed by atoms with E-state index in [1.54, 1.807) is 0 Å². The molecular formula is C9H12N4O4. The van der Waals surface area contributed by atoms with Crippen LogP contribution in [0.5, 0.6) is 0 Å². The van der Waals surface area contributed by atoms with Crippen LogP contribution in [0, 0.1) is 0 Å². The van der Waals surface area contributed by atoms with Gasteiger partial charge in [0.05, 0.1) is 12.5 Å². The molecule has 1 atom stereocenters. The molecule has 1 aromatic heterocycles. The fourth-order valence-electron chi connectivity index (χ4n) is 1.16. The molecule has 0 aliphatic rings. The normalized spacial score (nSPS) is 11.8. The SMILES string of the molecule is NC(=O)CCC(NC(=O)c1cnc[nH]1)C(=O)O. The van der Waals surface area contributed by atoms with E-state index in [1.807, 2.05) is 0 Å². The van der Waals surface area contributed by atoms with Crippen molar-refractivity contribution in [3.63, 3.8) is 0 Å². The summed E-state index contributed by atoms with van der Waals surface area (Å²) in [4.78, 5) is 39.0. The van der Waals surface area contributed by atoms with E-state index in [9.17, 15) is 14.4 Å². The zero-order valence-corrected chi connectivity index (χ0v) is 8.84. The van der Waals surface area contributed by atoms with Gasteiger partial charge in [0.1, 0.15) is 11.7 Å². The first-order valence-electron chi connectivity index (χ1n) is 4.81. The number of amides is 2. The highest BCUT2D eigenvalue weighted by molar-refractivity contribution is 5.94. The highest BCUT2D eigenvalue weighted by Crippen LogP contribution is 2.00. The standard InChI is InChI=1S/C9H12N4O4/c10-7(14)2-1-5(9(16)17)13-8(15)6-3-11-4-12-6/h3-5H,1-2H2,(H2,10,14)(H,11,12)(H,13,15)(H,16,17). The van der Waals surface area contributed by atoms with Crippen molar-refractivity contribution < 1.29 is 19.5 Å². The Morgan fingerprint density at radius 1 is 1.53 bits per heavy atom. The van der Waals surface area contributed by atoms with Crippen molar-refractivity contribution in [2.24, 2.45) is 5.73 Å². The molecule has 0 aliphatic carbocycles. The molecule has 1 rings (SSSR count). The number of nitrogens with one attached hydrogen (secondary N) is 2. The molecule has 0 fully saturated rings. The second-order valence-corrected chi connectivity index (χ2v) is 3.33. The highest BCUT2D eigenvalue weighted by Gasteiger charge is 2.21. The Kier molecular flexibility index (Phi) is 4.21. The lowest BCUT2D eigenvalue weighted by atomic mass is 10.1. The molecule has 5 N–H and O–H groups in total. The van der Waals surface area contributed by atoms with Crippen molar-refractivity contribution in [2.45, 2.75) is 18.9 Å². The van der Waals surface area contributed by atoms with Gasteiger partial charge >= 0.3 is 5.97 Å². The molecule has 0 saturated carbocycles. The van der Waals surface area contributed by atoms with Crippen molar-refractivity contribution in [2.75, 3.05) is 0 Å². The summed E-state index contributed by atoms with van der Waals surface area (Å²) < 4.78 is 0. The highest BCUT2D eigenvalue weighted by atomic mass is 16.4. The molecule has 8 heteroatoms. The maximum Gasteiger partial charge on any atom is 0.326 e. The molecule has 1 unspecified atom stereocenters. The number of H-pyrrole nitrogens is 1. The van der Waals surface area contributed by atoms with E-state index < -0.39 is 23.8 Å². The number of aliphatic carboxylic acids is 1. The summed E-state index contributed by atoms with van der Waals surface area (Å²) in [6.07, 6.45) is 2.40. The number of aromatic nitrogens is 2. The first kappa shape index (κ1) is 12.7. The van der Waals surface area contributed by atoms with Gasteiger partial charge in [-0.15, -0.1) is 0 Å². The average molecular weight is 240 g/mol. The Morgan fingerprint density at radius 3 is 2.71 bits per heavy atom. The molecule has 0 aromatic carbocycles. The third kappa shape index (κ3) is 3.93. The summed E-state index contributed by atoms with van der Waals surface area (Å²) in [6.45, 7) is 0.